The molecule has 2 rings (SSSR count). The Morgan fingerprint density at radius 2 is 2.33 bits per heavy atom. The first kappa shape index (κ1) is 10.1. The van der Waals surface area contributed by atoms with Gasteiger partial charge in [0, 0.05) is 19.0 Å². The van der Waals surface area contributed by atoms with Crippen LogP contribution in [-0.4, -0.2) is 18.1 Å². The standard InChI is InChI=1S/C11H13FN2O/c1-2-13-6-5-11-14-9-7-8(12)3-4-10(9)15-11/h3-4,7,13H,2,5-6H2,1H3. The fourth-order valence-electron chi connectivity index (χ4n) is 1.43. The van der Waals surface area contributed by atoms with Gasteiger partial charge in [-0.05, 0) is 18.7 Å². The number of oxazole rings is 1. The zero-order valence-electron chi connectivity index (χ0n) is 8.59. The van der Waals surface area contributed by atoms with Crippen LogP contribution < -0.4 is 5.32 Å². The summed E-state index contributed by atoms with van der Waals surface area (Å²) in [4.78, 5) is 4.20. The summed E-state index contributed by atoms with van der Waals surface area (Å²) in [5, 5.41) is 3.18. The Balaban J connectivity index is 2.16. The lowest BCUT2D eigenvalue weighted by atomic mass is 10.3. The van der Waals surface area contributed by atoms with Crippen LogP contribution in [0.5, 0.6) is 0 Å². The summed E-state index contributed by atoms with van der Waals surface area (Å²) in [6, 6.07) is 4.37. The summed E-state index contributed by atoms with van der Waals surface area (Å²) in [6.07, 6.45) is 0.726. The number of fused-ring (bicyclic) bond motifs is 1. The molecular formula is C11H13FN2O. The predicted molar refractivity (Wildman–Crippen MR) is 56.2 cm³/mol. The van der Waals surface area contributed by atoms with E-state index in [4.69, 9.17) is 4.42 Å². The Bertz CT molecular complexity index is 453. The van der Waals surface area contributed by atoms with Gasteiger partial charge in [0.15, 0.2) is 11.5 Å². The minimum Gasteiger partial charge on any atom is -0.441 e. The fraction of sp³-hybridized carbons (Fsp3) is 0.364. The number of likely N-dealkylation sites (N-methyl/N-ethyl adjacent to an activating group) is 1. The van der Waals surface area contributed by atoms with Crippen molar-refractivity contribution in [3.05, 3.63) is 29.9 Å². The van der Waals surface area contributed by atoms with Crippen LogP contribution in [-0.2, 0) is 6.42 Å². The lowest BCUT2D eigenvalue weighted by Gasteiger charge is -1.95. The van der Waals surface area contributed by atoms with E-state index >= 15 is 0 Å². The molecule has 0 aliphatic carbocycles. The molecule has 0 saturated carbocycles. The van der Waals surface area contributed by atoms with Crippen molar-refractivity contribution < 1.29 is 8.81 Å². The average molecular weight is 208 g/mol. The highest BCUT2D eigenvalue weighted by Crippen LogP contribution is 2.16. The summed E-state index contributed by atoms with van der Waals surface area (Å²) in [5.74, 6) is 0.366. The van der Waals surface area contributed by atoms with Gasteiger partial charge in [-0.15, -0.1) is 0 Å². The average Bonchev–Trinajstić information content (AvgIpc) is 2.60. The minimum absolute atomic E-state index is 0.283. The van der Waals surface area contributed by atoms with Crippen LogP contribution in [0.4, 0.5) is 4.39 Å². The Labute approximate surface area is 87.3 Å². The van der Waals surface area contributed by atoms with Crippen molar-refractivity contribution in [2.75, 3.05) is 13.1 Å². The third kappa shape index (κ3) is 2.33. The Morgan fingerprint density at radius 1 is 1.47 bits per heavy atom. The van der Waals surface area contributed by atoms with E-state index in [1.807, 2.05) is 6.92 Å². The smallest absolute Gasteiger partial charge is 0.196 e. The maximum absolute atomic E-state index is 12.9. The normalized spacial score (nSPS) is 11.1. The van der Waals surface area contributed by atoms with E-state index in [1.54, 1.807) is 6.07 Å². The first-order valence-corrected chi connectivity index (χ1v) is 5.05. The second kappa shape index (κ2) is 4.40. The molecule has 3 nitrogen and oxygen atoms in total. The first-order valence-electron chi connectivity index (χ1n) is 5.05. The maximum Gasteiger partial charge on any atom is 0.196 e. The van der Waals surface area contributed by atoms with Crippen molar-refractivity contribution >= 4 is 11.1 Å². The number of halogens is 1. The third-order valence-electron chi connectivity index (χ3n) is 2.16. The molecule has 0 aliphatic rings. The van der Waals surface area contributed by atoms with Gasteiger partial charge >= 0.3 is 0 Å². The summed E-state index contributed by atoms with van der Waals surface area (Å²) < 4.78 is 18.3. The number of rotatable bonds is 4. The Hall–Kier alpha value is -1.42. The first-order chi connectivity index (χ1) is 7.29. The number of nitrogens with one attached hydrogen (secondary N) is 1. The van der Waals surface area contributed by atoms with Gasteiger partial charge in [0.25, 0.3) is 0 Å². The molecule has 0 amide bonds. The Kier molecular flexibility index (Phi) is 2.97. The van der Waals surface area contributed by atoms with E-state index in [1.165, 1.54) is 12.1 Å². The van der Waals surface area contributed by atoms with Gasteiger partial charge in [-0.3, -0.25) is 0 Å². The molecule has 0 atom stereocenters. The molecule has 0 unspecified atom stereocenters. The molecule has 15 heavy (non-hydrogen) atoms. The molecule has 0 fully saturated rings. The monoisotopic (exact) mass is 208 g/mol. The SMILES string of the molecule is CCNCCc1nc2cc(F)ccc2o1. The second-order valence-corrected chi connectivity index (χ2v) is 3.32. The summed E-state index contributed by atoms with van der Waals surface area (Å²) >= 11 is 0. The lowest BCUT2D eigenvalue weighted by molar-refractivity contribution is 0.517. The van der Waals surface area contributed by atoms with Crippen LogP contribution in [0.2, 0.25) is 0 Å². The van der Waals surface area contributed by atoms with Crippen molar-refractivity contribution in [1.29, 1.82) is 0 Å². The molecule has 1 aromatic heterocycles. The van der Waals surface area contributed by atoms with Crippen LogP contribution in [0.25, 0.3) is 11.1 Å². The van der Waals surface area contributed by atoms with Gasteiger partial charge < -0.3 is 9.73 Å². The molecule has 0 aliphatic heterocycles. The van der Waals surface area contributed by atoms with Gasteiger partial charge in [0.05, 0.1) is 0 Å². The van der Waals surface area contributed by atoms with Crippen LogP contribution in [0.3, 0.4) is 0 Å². The lowest BCUT2D eigenvalue weighted by Crippen LogP contribution is -2.16. The second-order valence-electron chi connectivity index (χ2n) is 3.32. The molecule has 0 bridgehead atoms. The fourth-order valence-corrected chi connectivity index (χ4v) is 1.43. The highest BCUT2D eigenvalue weighted by molar-refractivity contribution is 5.72. The van der Waals surface area contributed by atoms with E-state index in [2.05, 4.69) is 10.3 Å². The largest absolute Gasteiger partial charge is 0.441 e. The van der Waals surface area contributed by atoms with Crippen LogP contribution in [0, 0.1) is 5.82 Å². The molecule has 0 saturated heterocycles. The van der Waals surface area contributed by atoms with Gasteiger partial charge in [-0.1, -0.05) is 6.92 Å². The quantitative estimate of drug-likeness (QED) is 0.782. The molecular weight excluding hydrogens is 195 g/mol. The van der Waals surface area contributed by atoms with Gasteiger partial charge in [-0.25, -0.2) is 9.37 Å². The van der Waals surface area contributed by atoms with Crippen molar-refractivity contribution in [2.24, 2.45) is 0 Å². The summed E-state index contributed by atoms with van der Waals surface area (Å²) in [5.41, 5.74) is 1.23. The van der Waals surface area contributed by atoms with E-state index in [0.29, 0.717) is 17.0 Å². The van der Waals surface area contributed by atoms with Crippen molar-refractivity contribution in [2.45, 2.75) is 13.3 Å². The Morgan fingerprint density at radius 3 is 3.13 bits per heavy atom. The van der Waals surface area contributed by atoms with E-state index in [0.717, 1.165) is 19.5 Å². The van der Waals surface area contributed by atoms with Crippen LogP contribution in [0.1, 0.15) is 12.8 Å². The molecule has 80 valence electrons. The molecule has 2 aromatic rings. The van der Waals surface area contributed by atoms with Crippen molar-refractivity contribution in [1.82, 2.24) is 10.3 Å². The van der Waals surface area contributed by atoms with Gasteiger partial charge in [0.2, 0.25) is 0 Å². The van der Waals surface area contributed by atoms with Crippen molar-refractivity contribution in [3.63, 3.8) is 0 Å². The van der Waals surface area contributed by atoms with E-state index < -0.39 is 0 Å². The summed E-state index contributed by atoms with van der Waals surface area (Å²) in [6.45, 7) is 3.79. The van der Waals surface area contributed by atoms with E-state index in [-0.39, 0.29) is 5.82 Å². The number of hydrogen-bond acceptors (Lipinski definition) is 3. The zero-order valence-corrected chi connectivity index (χ0v) is 8.59. The number of nitrogens with zero attached hydrogens (tertiary/aromatic N) is 1. The molecule has 0 spiro atoms. The molecule has 1 heterocycles. The number of hydrogen-bond donors (Lipinski definition) is 1. The van der Waals surface area contributed by atoms with E-state index in [9.17, 15) is 4.39 Å². The molecule has 1 N–H and O–H groups in total. The predicted octanol–water partition coefficient (Wildman–Crippen LogP) is 2.12. The van der Waals surface area contributed by atoms with Crippen molar-refractivity contribution in [3.8, 4) is 0 Å². The zero-order chi connectivity index (χ0) is 10.7. The molecule has 4 heteroatoms. The maximum atomic E-state index is 12.9. The molecule has 1 aromatic carbocycles. The van der Waals surface area contributed by atoms with Gasteiger partial charge in [0.1, 0.15) is 11.3 Å². The number of aromatic nitrogens is 1. The van der Waals surface area contributed by atoms with Crippen LogP contribution in [0.15, 0.2) is 22.6 Å². The summed E-state index contributed by atoms with van der Waals surface area (Å²) in [7, 11) is 0. The highest BCUT2D eigenvalue weighted by Gasteiger charge is 2.05. The topological polar surface area (TPSA) is 38.1 Å². The highest BCUT2D eigenvalue weighted by atomic mass is 19.1. The van der Waals surface area contributed by atoms with Crippen LogP contribution >= 0.6 is 0 Å². The minimum atomic E-state index is -0.283. The third-order valence-corrected chi connectivity index (χ3v) is 2.16. The number of benzene rings is 1. The van der Waals surface area contributed by atoms with Gasteiger partial charge in [-0.2, -0.15) is 0 Å². The molecule has 0 radical (unpaired) electrons.